The summed E-state index contributed by atoms with van der Waals surface area (Å²) in [6.07, 6.45) is 3.90. The number of rotatable bonds is 9. The molecule has 0 saturated carbocycles. The lowest BCUT2D eigenvalue weighted by Crippen LogP contribution is -2.50. The molecule has 3 aromatic carbocycles. The first-order valence-electron chi connectivity index (χ1n) is 11.1. The molecule has 0 aliphatic heterocycles. The molecule has 0 spiro atoms. The van der Waals surface area contributed by atoms with Gasteiger partial charge >= 0.3 is 5.97 Å². The number of nitrogens with one attached hydrogen (secondary N) is 1. The van der Waals surface area contributed by atoms with Crippen molar-refractivity contribution in [3.63, 3.8) is 0 Å². The van der Waals surface area contributed by atoms with Crippen LogP contribution in [-0.2, 0) is 31.6 Å². The van der Waals surface area contributed by atoms with Crippen LogP contribution in [0.4, 0.5) is 0 Å². The molecule has 0 bridgehead atoms. The third-order valence-electron chi connectivity index (χ3n) is 6.17. The summed E-state index contributed by atoms with van der Waals surface area (Å²) in [5.74, 6) is -2.70. The number of fused-ring (bicyclic) bond motifs is 1. The number of carboxylic acid groups (broad SMARTS) is 1. The molecule has 2 unspecified atom stereocenters. The van der Waals surface area contributed by atoms with Crippen LogP contribution in [0.5, 0.6) is 0 Å². The first-order chi connectivity index (χ1) is 17.1. The van der Waals surface area contributed by atoms with Gasteiger partial charge < -0.3 is 5.11 Å². The Kier molecular flexibility index (Phi) is 6.76. The lowest BCUT2D eigenvalue weighted by molar-refractivity contribution is -0.148. The van der Waals surface area contributed by atoms with Crippen molar-refractivity contribution in [2.45, 2.75) is 24.1 Å². The second-order valence-corrected chi connectivity index (χ2v) is 10.4. The number of nitrogens with zero attached hydrogens (tertiary/aromatic N) is 2. The van der Waals surface area contributed by atoms with Crippen molar-refractivity contribution in [1.82, 2.24) is 14.5 Å². The van der Waals surface area contributed by atoms with Crippen LogP contribution in [0.1, 0.15) is 28.9 Å². The Morgan fingerprint density at radius 3 is 2.42 bits per heavy atom. The van der Waals surface area contributed by atoms with Crippen LogP contribution in [-0.4, -0.2) is 35.2 Å². The zero-order valence-electron chi connectivity index (χ0n) is 19.5. The normalized spacial score (nSPS) is 14.0. The molecule has 2 atom stereocenters. The number of sulfonamides is 1. The van der Waals surface area contributed by atoms with Gasteiger partial charge in [0.15, 0.2) is 5.41 Å². The van der Waals surface area contributed by atoms with Crippen molar-refractivity contribution in [2.24, 2.45) is 0 Å². The number of hydrogen-bond donors (Lipinski definition) is 2. The number of amides is 1. The highest BCUT2D eigenvalue weighted by molar-refractivity contribution is 7.90. The summed E-state index contributed by atoms with van der Waals surface area (Å²) in [6, 6.07) is 22.0. The largest absolute Gasteiger partial charge is 0.480 e. The fraction of sp³-hybridized carbons (Fsp3) is 0.148. The maximum atomic E-state index is 13.2. The van der Waals surface area contributed by atoms with Gasteiger partial charge in [0.1, 0.15) is 5.25 Å². The highest BCUT2D eigenvalue weighted by Gasteiger charge is 2.46. The minimum atomic E-state index is -4.37. The molecule has 1 aromatic heterocycles. The quantitative estimate of drug-likeness (QED) is 0.265. The summed E-state index contributed by atoms with van der Waals surface area (Å²) in [6.45, 7) is 5.14. The Labute approximate surface area is 208 Å². The van der Waals surface area contributed by atoms with Gasteiger partial charge in [0.05, 0.1) is 12.7 Å². The van der Waals surface area contributed by atoms with Crippen LogP contribution >= 0.6 is 0 Å². The second kappa shape index (κ2) is 9.79. The average Bonchev–Trinajstić information content (AvgIpc) is 3.32. The number of carbonyl (C=O) groups is 2. The molecule has 1 heterocycles. The van der Waals surface area contributed by atoms with E-state index in [1.165, 1.54) is 23.2 Å². The topological polar surface area (TPSA) is 118 Å². The van der Waals surface area contributed by atoms with Gasteiger partial charge in [-0.2, -0.15) is 5.10 Å². The van der Waals surface area contributed by atoms with Crippen LogP contribution in [0.15, 0.2) is 97.8 Å². The molecule has 0 aliphatic carbocycles. The molecule has 184 valence electrons. The van der Waals surface area contributed by atoms with Gasteiger partial charge in [0.25, 0.3) is 5.91 Å². The van der Waals surface area contributed by atoms with E-state index in [4.69, 9.17) is 0 Å². The first-order valence-corrected chi connectivity index (χ1v) is 12.7. The summed E-state index contributed by atoms with van der Waals surface area (Å²) in [5.41, 5.74) is -0.812. The van der Waals surface area contributed by atoms with Crippen LogP contribution in [0.25, 0.3) is 10.8 Å². The molecule has 2 N–H and O–H groups in total. The lowest BCUT2D eigenvalue weighted by atomic mass is 9.84. The first kappa shape index (κ1) is 24.9. The molecular weight excluding hydrogens is 478 g/mol. The number of aliphatic carboxylic acids is 1. The Hall–Kier alpha value is -4.24. The molecule has 8 nitrogen and oxygen atoms in total. The molecule has 0 radical (unpaired) electrons. The average molecular weight is 504 g/mol. The van der Waals surface area contributed by atoms with Crippen molar-refractivity contribution >= 4 is 32.7 Å². The molecule has 0 aliphatic rings. The van der Waals surface area contributed by atoms with Gasteiger partial charge in [-0.1, -0.05) is 72.8 Å². The Morgan fingerprint density at radius 2 is 1.75 bits per heavy atom. The van der Waals surface area contributed by atoms with Gasteiger partial charge in [0, 0.05) is 11.8 Å². The Balaban J connectivity index is 1.61. The van der Waals surface area contributed by atoms with Gasteiger partial charge in [-0.3, -0.25) is 19.0 Å². The highest BCUT2D eigenvalue weighted by atomic mass is 32.2. The predicted molar refractivity (Wildman–Crippen MR) is 137 cm³/mol. The van der Waals surface area contributed by atoms with E-state index < -0.39 is 32.6 Å². The van der Waals surface area contributed by atoms with Crippen molar-refractivity contribution in [1.29, 1.82) is 0 Å². The van der Waals surface area contributed by atoms with Crippen molar-refractivity contribution in [2.75, 3.05) is 0 Å². The second-order valence-electron chi connectivity index (χ2n) is 8.58. The Bertz CT molecular complexity index is 1550. The highest BCUT2D eigenvalue weighted by Crippen LogP contribution is 2.29. The summed E-state index contributed by atoms with van der Waals surface area (Å²) in [7, 11) is -4.37. The van der Waals surface area contributed by atoms with Gasteiger partial charge in [0.2, 0.25) is 10.0 Å². The van der Waals surface area contributed by atoms with E-state index in [1.807, 2.05) is 59.3 Å². The maximum absolute atomic E-state index is 13.2. The number of hydrogen-bond acceptors (Lipinski definition) is 5. The van der Waals surface area contributed by atoms with Gasteiger partial charge in [-0.25, -0.2) is 8.42 Å². The minimum absolute atomic E-state index is 0.0551. The van der Waals surface area contributed by atoms with E-state index in [0.29, 0.717) is 12.1 Å². The third kappa shape index (κ3) is 4.78. The molecular formula is C27H25N3O5S. The molecule has 1 amide bonds. The Morgan fingerprint density at radius 1 is 1.08 bits per heavy atom. The minimum Gasteiger partial charge on any atom is -0.480 e. The van der Waals surface area contributed by atoms with Crippen LogP contribution in [0, 0.1) is 0 Å². The number of aromatic nitrogens is 2. The summed E-state index contributed by atoms with van der Waals surface area (Å²) >= 11 is 0. The summed E-state index contributed by atoms with van der Waals surface area (Å²) in [5, 5.41) is 14.6. The third-order valence-corrected chi connectivity index (χ3v) is 7.77. The van der Waals surface area contributed by atoms with Gasteiger partial charge in [-0.05, 0) is 34.9 Å². The lowest BCUT2D eigenvalue weighted by Gasteiger charge is -2.24. The summed E-state index contributed by atoms with van der Waals surface area (Å²) < 4.78 is 30.0. The molecule has 4 rings (SSSR count). The predicted octanol–water partition coefficient (Wildman–Crippen LogP) is 3.80. The molecule has 0 fully saturated rings. The van der Waals surface area contributed by atoms with Crippen LogP contribution in [0.2, 0.25) is 0 Å². The fourth-order valence-electron chi connectivity index (χ4n) is 3.95. The van der Waals surface area contributed by atoms with E-state index in [-0.39, 0.29) is 5.56 Å². The van der Waals surface area contributed by atoms with E-state index in [9.17, 15) is 23.1 Å². The molecule has 0 saturated heterocycles. The van der Waals surface area contributed by atoms with Crippen LogP contribution < -0.4 is 4.72 Å². The van der Waals surface area contributed by atoms with E-state index in [0.717, 1.165) is 23.3 Å². The number of carboxylic acids is 1. The molecule has 4 aromatic rings. The van der Waals surface area contributed by atoms with Crippen LogP contribution in [0.3, 0.4) is 0 Å². The smallest absolute Gasteiger partial charge is 0.323 e. The van der Waals surface area contributed by atoms with E-state index in [2.05, 4.69) is 11.7 Å². The zero-order chi connectivity index (χ0) is 25.9. The standard InChI is InChI=1S/C27H25N3O5S/c1-3-24(22-14-13-20-11-7-8-12-21(20)15-22)36(34,35)29-25(31)27(2,26(32)33)23-16-28-30(18-23)17-19-9-5-4-6-10-19/h3-16,18,24H,1,17H2,2H3,(H,29,31)(H,32,33). The number of benzene rings is 3. The fourth-order valence-corrected chi connectivity index (χ4v) is 5.30. The zero-order valence-corrected chi connectivity index (χ0v) is 20.4. The number of carbonyl (C=O) groups excluding carboxylic acids is 1. The van der Waals surface area contributed by atoms with Crippen molar-refractivity contribution < 1.29 is 23.1 Å². The SMILES string of the molecule is C=CC(c1ccc2ccccc2c1)S(=O)(=O)NC(=O)C(C)(C(=O)O)c1cnn(Cc2ccccc2)c1. The van der Waals surface area contributed by atoms with E-state index in [1.54, 1.807) is 18.2 Å². The monoisotopic (exact) mass is 503 g/mol. The molecule has 9 heteroatoms. The maximum Gasteiger partial charge on any atom is 0.323 e. The van der Waals surface area contributed by atoms with E-state index >= 15 is 0 Å². The molecule has 36 heavy (non-hydrogen) atoms. The van der Waals surface area contributed by atoms with Crippen molar-refractivity contribution in [3.8, 4) is 0 Å². The summed E-state index contributed by atoms with van der Waals surface area (Å²) in [4.78, 5) is 25.5. The van der Waals surface area contributed by atoms with Crippen molar-refractivity contribution in [3.05, 3.63) is 115 Å². The van der Waals surface area contributed by atoms with Gasteiger partial charge in [-0.15, -0.1) is 6.58 Å².